The molecule has 1 rings (SSSR count). The average molecular weight is 285 g/mol. The fourth-order valence-corrected chi connectivity index (χ4v) is 1.78. The summed E-state index contributed by atoms with van der Waals surface area (Å²) >= 11 is 0. The Balaban J connectivity index is 0.00000324. The van der Waals surface area contributed by atoms with Gasteiger partial charge in [0.1, 0.15) is 0 Å². The van der Waals surface area contributed by atoms with E-state index in [9.17, 15) is 4.79 Å². The summed E-state index contributed by atoms with van der Waals surface area (Å²) in [6, 6.07) is 10.1. The molecule has 2 atom stereocenters. The van der Waals surface area contributed by atoms with Crippen molar-refractivity contribution in [3.8, 4) is 0 Å². The molecule has 0 aliphatic carbocycles. The Morgan fingerprint density at radius 2 is 1.68 bits per heavy atom. The number of rotatable bonds is 5. The summed E-state index contributed by atoms with van der Waals surface area (Å²) in [6.07, 6.45) is 0. The second-order valence-electron chi connectivity index (χ2n) is 5.19. The normalized spacial score (nSPS) is 13.6. The van der Waals surface area contributed by atoms with Crippen LogP contribution in [-0.4, -0.2) is 22.9 Å². The second kappa shape index (κ2) is 8.18. The number of hydrogen-bond acceptors (Lipinski definition) is 2. The zero-order valence-corrected chi connectivity index (χ0v) is 13.0. The predicted octanol–water partition coefficient (Wildman–Crippen LogP) is 2.83. The Kier molecular flexibility index (Phi) is 7.72. The lowest BCUT2D eigenvalue weighted by Gasteiger charge is -2.30. The number of hydrogen-bond donors (Lipinski definition) is 1. The fourth-order valence-electron chi connectivity index (χ4n) is 1.78. The molecule has 1 amide bonds. The predicted molar refractivity (Wildman–Crippen MR) is 82.2 cm³/mol. The van der Waals surface area contributed by atoms with Gasteiger partial charge in [0.2, 0.25) is 5.91 Å². The molecule has 0 saturated carbocycles. The molecule has 1 aromatic rings. The quantitative estimate of drug-likeness (QED) is 0.904. The highest BCUT2D eigenvalue weighted by atomic mass is 35.5. The summed E-state index contributed by atoms with van der Waals surface area (Å²) in [5, 5.41) is 0. The highest BCUT2D eigenvalue weighted by molar-refractivity contribution is 5.85. The molecule has 108 valence electrons. The Morgan fingerprint density at radius 1 is 1.16 bits per heavy atom. The summed E-state index contributed by atoms with van der Waals surface area (Å²) in [7, 11) is 0. The van der Waals surface area contributed by atoms with Gasteiger partial charge in [0.05, 0.1) is 5.92 Å². The van der Waals surface area contributed by atoms with Crippen molar-refractivity contribution < 1.29 is 4.79 Å². The monoisotopic (exact) mass is 284 g/mol. The smallest absolute Gasteiger partial charge is 0.227 e. The fraction of sp³-hybridized carbons (Fsp3) is 0.533. The van der Waals surface area contributed by atoms with Crippen molar-refractivity contribution in [1.29, 1.82) is 0 Å². The number of carbonyl (C=O) groups excluding carboxylic acids is 1. The number of halogens is 1. The van der Waals surface area contributed by atoms with Crippen molar-refractivity contribution >= 4 is 18.3 Å². The molecule has 2 N–H and O–H groups in total. The first-order valence-electron chi connectivity index (χ1n) is 6.53. The van der Waals surface area contributed by atoms with E-state index in [1.807, 2.05) is 62.9 Å². The van der Waals surface area contributed by atoms with Crippen LogP contribution in [0.2, 0.25) is 0 Å². The number of amides is 1. The Bertz CT molecular complexity index is 379. The molecule has 0 aromatic heterocycles. The Hall–Kier alpha value is -1.06. The molecule has 0 saturated heterocycles. The van der Waals surface area contributed by atoms with Gasteiger partial charge < -0.3 is 10.6 Å². The van der Waals surface area contributed by atoms with E-state index >= 15 is 0 Å². The molecule has 4 heteroatoms. The number of nitrogens with zero attached hydrogens (tertiary/aromatic N) is 1. The number of nitrogens with two attached hydrogens (primary N) is 1. The summed E-state index contributed by atoms with van der Waals surface area (Å²) < 4.78 is 0. The molecular formula is C15H25ClN2O. The summed E-state index contributed by atoms with van der Waals surface area (Å²) in [4.78, 5) is 14.3. The van der Waals surface area contributed by atoms with Crippen LogP contribution in [0, 0.1) is 5.92 Å². The second-order valence-corrected chi connectivity index (χ2v) is 5.19. The summed E-state index contributed by atoms with van der Waals surface area (Å²) in [5.41, 5.74) is 6.97. The third kappa shape index (κ3) is 5.21. The highest BCUT2D eigenvalue weighted by Crippen LogP contribution is 2.14. The van der Waals surface area contributed by atoms with Crippen LogP contribution >= 0.6 is 12.4 Å². The minimum atomic E-state index is -0.142. The van der Waals surface area contributed by atoms with E-state index in [0.29, 0.717) is 6.54 Å². The number of carbonyl (C=O) groups is 1. The maximum atomic E-state index is 12.4. The largest absolute Gasteiger partial charge is 0.336 e. The molecule has 19 heavy (non-hydrogen) atoms. The molecule has 0 bridgehead atoms. The molecule has 0 heterocycles. The molecule has 0 spiro atoms. The minimum Gasteiger partial charge on any atom is -0.336 e. The van der Waals surface area contributed by atoms with Crippen LogP contribution < -0.4 is 5.73 Å². The van der Waals surface area contributed by atoms with E-state index in [2.05, 4.69) is 0 Å². The summed E-state index contributed by atoms with van der Waals surface area (Å²) in [6.45, 7) is 8.49. The minimum absolute atomic E-state index is 0. The van der Waals surface area contributed by atoms with Crippen molar-refractivity contribution in [3.05, 3.63) is 35.9 Å². The molecular weight excluding hydrogens is 260 g/mol. The van der Waals surface area contributed by atoms with Gasteiger partial charge in [-0.05, 0) is 26.3 Å². The van der Waals surface area contributed by atoms with E-state index in [1.54, 1.807) is 0 Å². The van der Waals surface area contributed by atoms with Gasteiger partial charge >= 0.3 is 0 Å². The van der Waals surface area contributed by atoms with E-state index in [1.165, 1.54) is 0 Å². The van der Waals surface area contributed by atoms with E-state index in [-0.39, 0.29) is 36.3 Å². The molecule has 1 aromatic carbocycles. The van der Waals surface area contributed by atoms with Gasteiger partial charge in [-0.1, -0.05) is 37.3 Å². The zero-order valence-electron chi connectivity index (χ0n) is 12.2. The van der Waals surface area contributed by atoms with Crippen LogP contribution in [0.15, 0.2) is 30.3 Å². The molecule has 3 nitrogen and oxygen atoms in total. The third-order valence-corrected chi connectivity index (χ3v) is 3.28. The van der Waals surface area contributed by atoms with Gasteiger partial charge in [-0.25, -0.2) is 0 Å². The Labute approximate surface area is 122 Å². The van der Waals surface area contributed by atoms with Crippen LogP contribution in [0.3, 0.4) is 0 Å². The van der Waals surface area contributed by atoms with Crippen LogP contribution in [0.1, 0.15) is 33.3 Å². The van der Waals surface area contributed by atoms with Gasteiger partial charge in [0.25, 0.3) is 0 Å². The first-order valence-corrected chi connectivity index (χ1v) is 6.53. The highest BCUT2D eigenvalue weighted by Gasteiger charge is 2.25. The van der Waals surface area contributed by atoms with Gasteiger partial charge in [0.15, 0.2) is 0 Å². The van der Waals surface area contributed by atoms with Crippen LogP contribution in [-0.2, 0) is 11.3 Å². The lowest BCUT2D eigenvalue weighted by Crippen LogP contribution is -2.44. The van der Waals surface area contributed by atoms with Gasteiger partial charge in [-0.3, -0.25) is 4.79 Å². The SMILES string of the molecule is CC(N)C(C)C(=O)N(Cc1ccccc1)C(C)C.Cl. The molecule has 0 fully saturated rings. The topological polar surface area (TPSA) is 46.3 Å². The average Bonchev–Trinajstić information content (AvgIpc) is 2.35. The first kappa shape index (κ1) is 17.9. The van der Waals surface area contributed by atoms with Gasteiger partial charge in [-0.2, -0.15) is 0 Å². The lowest BCUT2D eigenvalue weighted by molar-refractivity contribution is -0.137. The molecule has 0 aliphatic rings. The van der Waals surface area contributed by atoms with E-state index in [4.69, 9.17) is 5.73 Å². The van der Waals surface area contributed by atoms with E-state index in [0.717, 1.165) is 5.56 Å². The standard InChI is InChI=1S/C15H24N2O.ClH/c1-11(2)17(15(18)12(3)13(4)16)10-14-8-6-5-7-9-14;/h5-9,11-13H,10,16H2,1-4H3;1H. The lowest BCUT2D eigenvalue weighted by atomic mass is 10.0. The van der Waals surface area contributed by atoms with Crippen molar-refractivity contribution in [2.75, 3.05) is 0 Å². The maximum Gasteiger partial charge on any atom is 0.227 e. The van der Waals surface area contributed by atoms with Crippen molar-refractivity contribution in [3.63, 3.8) is 0 Å². The zero-order chi connectivity index (χ0) is 13.7. The van der Waals surface area contributed by atoms with Gasteiger partial charge in [0, 0.05) is 18.6 Å². The van der Waals surface area contributed by atoms with Crippen LogP contribution in [0.4, 0.5) is 0 Å². The Morgan fingerprint density at radius 3 is 2.11 bits per heavy atom. The molecule has 0 aliphatic heterocycles. The maximum absolute atomic E-state index is 12.4. The third-order valence-electron chi connectivity index (χ3n) is 3.28. The van der Waals surface area contributed by atoms with Crippen LogP contribution in [0.25, 0.3) is 0 Å². The van der Waals surface area contributed by atoms with Crippen LogP contribution in [0.5, 0.6) is 0 Å². The number of benzene rings is 1. The van der Waals surface area contributed by atoms with Crippen molar-refractivity contribution in [1.82, 2.24) is 4.90 Å². The van der Waals surface area contributed by atoms with Gasteiger partial charge in [-0.15, -0.1) is 12.4 Å². The van der Waals surface area contributed by atoms with Crippen molar-refractivity contribution in [2.24, 2.45) is 11.7 Å². The van der Waals surface area contributed by atoms with E-state index < -0.39 is 0 Å². The molecule has 0 radical (unpaired) electrons. The van der Waals surface area contributed by atoms with Crippen molar-refractivity contribution in [2.45, 2.75) is 46.3 Å². The first-order chi connectivity index (χ1) is 8.43. The molecule has 2 unspecified atom stereocenters. The summed E-state index contributed by atoms with van der Waals surface area (Å²) in [5.74, 6) is -0.0139.